The molecule has 3 aromatic rings. The molecule has 188 valence electrons. The van der Waals surface area contributed by atoms with Gasteiger partial charge in [-0.05, 0) is 60.8 Å². The summed E-state index contributed by atoms with van der Waals surface area (Å²) in [5.74, 6) is -0.611. The van der Waals surface area contributed by atoms with Crippen molar-refractivity contribution in [1.82, 2.24) is 14.5 Å². The Labute approximate surface area is 215 Å². The van der Waals surface area contributed by atoms with Gasteiger partial charge in [-0.3, -0.25) is 9.59 Å². The predicted molar refractivity (Wildman–Crippen MR) is 140 cm³/mol. The number of thiophene rings is 1. The van der Waals surface area contributed by atoms with Crippen LogP contribution < -0.4 is 10.6 Å². The topological polar surface area (TPSA) is 98.8 Å². The van der Waals surface area contributed by atoms with Gasteiger partial charge in [0.2, 0.25) is 10.0 Å². The zero-order valence-electron chi connectivity index (χ0n) is 20.2. The highest BCUT2D eigenvalue weighted by atomic mass is 32.2. The molecule has 0 saturated heterocycles. The normalized spacial score (nSPS) is 16.2. The van der Waals surface area contributed by atoms with Gasteiger partial charge >= 0.3 is 0 Å². The summed E-state index contributed by atoms with van der Waals surface area (Å²) in [6.45, 7) is 2.33. The molecule has 2 aliphatic heterocycles. The molecule has 0 saturated carbocycles. The third-order valence-electron chi connectivity index (χ3n) is 6.78. The molecule has 0 bridgehead atoms. The van der Waals surface area contributed by atoms with Crippen LogP contribution in [0.2, 0.25) is 0 Å². The lowest BCUT2D eigenvalue weighted by Gasteiger charge is -2.28. The van der Waals surface area contributed by atoms with Gasteiger partial charge in [-0.1, -0.05) is 24.3 Å². The van der Waals surface area contributed by atoms with E-state index in [9.17, 15) is 18.0 Å². The fourth-order valence-electron chi connectivity index (χ4n) is 4.76. The fraction of sp³-hybridized carbons (Fsp3) is 0.308. The minimum absolute atomic E-state index is 0.152. The van der Waals surface area contributed by atoms with Crippen molar-refractivity contribution in [3.8, 4) is 0 Å². The lowest BCUT2D eigenvalue weighted by Crippen LogP contribution is -2.35. The van der Waals surface area contributed by atoms with Crippen molar-refractivity contribution in [1.29, 1.82) is 0 Å². The van der Waals surface area contributed by atoms with E-state index < -0.39 is 10.0 Å². The Morgan fingerprint density at radius 3 is 2.36 bits per heavy atom. The number of likely N-dealkylation sites (N-methyl/N-ethyl adjacent to an activating group) is 1. The molecule has 0 radical (unpaired) electrons. The highest BCUT2D eigenvalue weighted by Crippen LogP contribution is 2.37. The van der Waals surface area contributed by atoms with E-state index in [1.54, 1.807) is 7.05 Å². The number of fused-ring (bicyclic) bond motifs is 2. The van der Waals surface area contributed by atoms with Crippen LogP contribution in [0.4, 0.5) is 5.00 Å². The standard InChI is InChI=1S/C26H28N4O4S2/c1-27-25(32)23-21-12-13-29(2)16-22(21)35-26(23)28-24(31)18-7-9-20(10-8-18)36(33,34)30-14-11-17-5-3-4-6-19(17)15-30/h3-10H,11-16H2,1-2H3,(H,27,32)(H,28,31). The monoisotopic (exact) mass is 524 g/mol. The largest absolute Gasteiger partial charge is 0.355 e. The number of nitrogens with one attached hydrogen (secondary N) is 2. The summed E-state index contributed by atoms with van der Waals surface area (Å²) in [4.78, 5) is 29.1. The lowest BCUT2D eigenvalue weighted by molar-refractivity contribution is 0.0962. The van der Waals surface area contributed by atoms with E-state index in [2.05, 4.69) is 15.5 Å². The molecule has 0 spiro atoms. The molecule has 8 nitrogen and oxygen atoms in total. The Bertz CT molecular complexity index is 1430. The van der Waals surface area contributed by atoms with Gasteiger partial charge in [0, 0.05) is 43.7 Å². The molecule has 10 heteroatoms. The first-order chi connectivity index (χ1) is 17.3. The summed E-state index contributed by atoms with van der Waals surface area (Å²) in [6.07, 6.45) is 1.42. The minimum atomic E-state index is -3.69. The molecular weight excluding hydrogens is 496 g/mol. The molecule has 0 aliphatic carbocycles. The summed E-state index contributed by atoms with van der Waals surface area (Å²) in [5, 5.41) is 6.08. The van der Waals surface area contributed by atoms with E-state index in [1.807, 2.05) is 31.3 Å². The van der Waals surface area contributed by atoms with Gasteiger partial charge in [0.25, 0.3) is 11.8 Å². The van der Waals surface area contributed by atoms with Gasteiger partial charge in [0.1, 0.15) is 5.00 Å². The lowest BCUT2D eigenvalue weighted by atomic mass is 10.0. The highest BCUT2D eigenvalue weighted by Gasteiger charge is 2.29. The maximum Gasteiger partial charge on any atom is 0.256 e. The van der Waals surface area contributed by atoms with Crippen molar-refractivity contribution < 1.29 is 18.0 Å². The smallest absolute Gasteiger partial charge is 0.256 e. The van der Waals surface area contributed by atoms with Gasteiger partial charge in [-0.15, -0.1) is 11.3 Å². The van der Waals surface area contributed by atoms with E-state index in [0.717, 1.165) is 35.5 Å². The number of rotatable bonds is 5. The highest BCUT2D eigenvalue weighted by molar-refractivity contribution is 7.89. The Morgan fingerprint density at radius 2 is 1.64 bits per heavy atom. The average molecular weight is 525 g/mol. The van der Waals surface area contributed by atoms with E-state index in [1.165, 1.54) is 45.5 Å². The summed E-state index contributed by atoms with van der Waals surface area (Å²) in [5.41, 5.74) is 4.01. The molecule has 36 heavy (non-hydrogen) atoms. The summed E-state index contributed by atoms with van der Waals surface area (Å²) >= 11 is 1.42. The number of sulfonamides is 1. The first-order valence-electron chi connectivity index (χ1n) is 11.8. The van der Waals surface area contributed by atoms with Crippen LogP contribution in [0, 0.1) is 0 Å². The number of carbonyl (C=O) groups excluding carboxylic acids is 2. The van der Waals surface area contributed by atoms with Crippen LogP contribution in [0.5, 0.6) is 0 Å². The van der Waals surface area contributed by atoms with Gasteiger partial charge in [-0.2, -0.15) is 4.31 Å². The van der Waals surface area contributed by atoms with Crippen molar-refractivity contribution in [2.45, 2.75) is 30.8 Å². The van der Waals surface area contributed by atoms with Crippen LogP contribution in [-0.2, 0) is 36.0 Å². The van der Waals surface area contributed by atoms with Crippen LogP contribution in [0.15, 0.2) is 53.4 Å². The van der Waals surface area contributed by atoms with Crippen LogP contribution in [0.1, 0.15) is 42.3 Å². The second-order valence-corrected chi connectivity index (χ2v) is 12.2. The van der Waals surface area contributed by atoms with E-state index in [0.29, 0.717) is 35.6 Å². The summed E-state index contributed by atoms with van der Waals surface area (Å²) in [6, 6.07) is 13.8. The summed E-state index contributed by atoms with van der Waals surface area (Å²) < 4.78 is 28.0. The number of nitrogens with zero attached hydrogens (tertiary/aromatic N) is 2. The van der Waals surface area contributed by atoms with Gasteiger partial charge in [0.05, 0.1) is 10.5 Å². The third-order valence-corrected chi connectivity index (χ3v) is 9.77. The van der Waals surface area contributed by atoms with Crippen molar-refractivity contribution in [3.05, 3.63) is 81.2 Å². The summed E-state index contributed by atoms with van der Waals surface area (Å²) in [7, 11) is -0.0857. The first kappa shape index (κ1) is 24.6. The van der Waals surface area contributed by atoms with E-state index in [4.69, 9.17) is 0 Å². The van der Waals surface area contributed by atoms with Crippen LogP contribution >= 0.6 is 11.3 Å². The third kappa shape index (κ3) is 4.57. The zero-order chi connectivity index (χ0) is 25.4. The Kier molecular flexibility index (Phi) is 6.69. The number of hydrogen-bond acceptors (Lipinski definition) is 6. The zero-order valence-corrected chi connectivity index (χ0v) is 21.8. The minimum Gasteiger partial charge on any atom is -0.355 e. The second kappa shape index (κ2) is 9.78. The second-order valence-electron chi connectivity index (χ2n) is 9.11. The molecule has 1 aromatic heterocycles. The van der Waals surface area contributed by atoms with Gasteiger partial charge in [0.15, 0.2) is 0 Å². The Morgan fingerprint density at radius 1 is 0.917 bits per heavy atom. The Hall–Kier alpha value is -3.05. The predicted octanol–water partition coefficient (Wildman–Crippen LogP) is 3.09. The molecule has 2 aromatic carbocycles. The number of amides is 2. The SMILES string of the molecule is CNC(=O)c1c(NC(=O)c2ccc(S(=O)(=O)N3CCc4ccccc4C3)cc2)sc2c1CCN(C)C2. The molecule has 3 heterocycles. The van der Waals surface area contributed by atoms with E-state index in [-0.39, 0.29) is 16.7 Å². The molecular formula is C26H28N4O4S2. The number of hydrogen-bond donors (Lipinski definition) is 2. The maximum atomic E-state index is 13.2. The van der Waals surface area contributed by atoms with Gasteiger partial charge in [-0.25, -0.2) is 8.42 Å². The molecule has 0 fully saturated rings. The quantitative estimate of drug-likeness (QED) is 0.535. The number of anilines is 1. The van der Waals surface area contributed by atoms with Crippen molar-refractivity contribution >= 4 is 38.2 Å². The molecule has 0 atom stereocenters. The Balaban J connectivity index is 1.35. The maximum absolute atomic E-state index is 13.2. The fourth-order valence-corrected chi connectivity index (χ4v) is 7.50. The number of benzene rings is 2. The molecule has 5 rings (SSSR count). The van der Waals surface area contributed by atoms with Crippen LogP contribution in [-0.4, -0.2) is 56.6 Å². The van der Waals surface area contributed by atoms with E-state index >= 15 is 0 Å². The average Bonchev–Trinajstić information content (AvgIpc) is 3.24. The number of carbonyl (C=O) groups is 2. The molecule has 2 aliphatic rings. The van der Waals surface area contributed by atoms with Crippen molar-refractivity contribution in [2.75, 3.05) is 32.5 Å². The van der Waals surface area contributed by atoms with Gasteiger partial charge < -0.3 is 15.5 Å². The molecule has 2 N–H and O–H groups in total. The molecule has 2 amide bonds. The van der Waals surface area contributed by atoms with Crippen molar-refractivity contribution in [3.63, 3.8) is 0 Å². The van der Waals surface area contributed by atoms with Crippen LogP contribution in [0.3, 0.4) is 0 Å². The first-order valence-corrected chi connectivity index (χ1v) is 14.1. The van der Waals surface area contributed by atoms with Crippen LogP contribution in [0.25, 0.3) is 0 Å². The molecule has 0 unspecified atom stereocenters. The van der Waals surface area contributed by atoms with Crippen molar-refractivity contribution in [2.24, 2.45) is 0 Å².